The van der Waals surface area contributed by atoms with Gasteiger partial charge in [-0.3, -0.25) is 4.79 Å². The first-order valence-corrected chi connectivity index (χ1v) is 10.4. The smallest absolute Gasteiger partial charge is 0.328 e. The molecular weight excluding hydrogens is 386 g/mol. The number of likely N-dealkylation sites (tertiary alicyclic amines) is 1. The quantitative estimate of drug-likeness (QED) is 0.765. The lowest BCUT2D eigenvalue weighted by Gasteiger charge is -2.22. The number of amides is 1. The lowest BCUT2D eigenvalue weighted by molar-refractivity contribution is -0.151. The summed E-state index contributed by atoms with van der Waals surface area (Å²) in [6.45, 7) is 3.92. The van der Waals surface area contributed by atoms with Crippen LogP contribution in [0.2, 0.25) is 0 Å². The van der Waals surface area contributed by atoms with E-state index in [-0.39, 0.29) is 23.8 Å². The average Bonchev–Trinajstić information content (AvgIpc) is 3.17. The van der Waals surface area contributed by atoms with Crippen molar-refractivity contribution in [1.29, 1.82) is 0 Å². The summed E-state index contributed by atoms with van der Waals surface area (Å²) in [5, 5.41) is 11.9. The number of esters is 1. The standard InChI is InChI=1S/C21H25N5O4/c1-12-7-15(12)20(27)25-10-14(9-18(25)21(28)29-2)26-11-17(23-24-26)13-3-4-19-16(8-13)22-5-6-30-19/h3-4,8,11-12,14-15,18,22H,5-7,9-10H2,1-2H3/t12-,14-,15-,18+/m1/s1. The number of hydrogen-bond acceptors (Lipinski definition) is 7. The highest BCUT2D eigenvalue weighted by molar-refractivity contribution is 5.88. The Labute approximate surface area is 174 Å². The molecule has 3 heterocycles. The van der Waals surface area contributed by atoms with E-state index in [0.717, 1.165) is 35.7 Å². The minimum Gasteiger partial charge on any atom is -0.490 e. The van der Waals surface area contributed by atoms with E-state index in [1.165, 1.54) is 7.11 Å². The Bertz CT molecular complexity index is 990. The van der Waals surface area contributed by atoms with Crippen molar-refractivity contribution < 1.29 is 19.1 Å². The minimum atomic E-state index is -0.571. The first kappa shape index (κ1) is 18.9. The molecule has 2 fully saturated rings. The summed E-state index contributed by atoms with van der Waals surface area (Å²) < 4.78 is 12.3. The normalized spacial score (nSPS) is 27.1. The molecule has 3 aliphatic rings. The molecule has 0 spiro atoms. The van der Waals surface area contributed by atoms with Crippen molar-refractivity contribution in [2.45, 2.75) is 31.8 Å². The van der Waals surface area contributed by atoms with Gasteiger partial charge in [0.2, 0.25) is 5.91 Å². The zero-order valence-corrected chi connectivity index (χ0v) is 17.1. The minimum absolute atomic E-state index is 0.0208. The molecule has 5 rings (SSSR count). The van der Waals surface area contributed by atoms with E-state index >= 15 is 0 Å². The highest BCUT2D eigenvalue weighted by Crippen LogP contribution is 2.42. The number of benzene rings is 1. The largest absolute Gasteiger partial charge is 0.490 e. The summed E-state index contributed by atoms with van der Waals surface area (Å²) in [7, 11) is 1.36. The number of carbonyl (C=O) groups excluding carboxylic acids is 2. The number of methoxy groups -OCH3 is 1. The van der Waals surface area contributed by atoms with Gasteiger partial charge in [-0.1, -0.05) is 12.1 Å². The lowest BCUT2D eigenvalue weighted by Crippen LogP contribution is -2.42. The summed E-state index contributed by atoms with van der Waals surface area (Å²) in [6, 6.07) is 5.19. The van der Waals surface area contributed by atoms with Gasteiger partial charge in [0.15, 0.2) is 0 Å². The molecule has 2 aliphatic heterocycles. The molecule has 1 N–H and O–H groups in total. The van der Waals surface area contributed by atoms with Crippen LogP contribution in [0.1, 0.15) is 25.8 Å². The van der Waals surface area contributed by atoms with Crippen molar-refractivity contribution >= 4 is 17.6 Å². The van der Waals surface area contributed by atoms with E-state index in [2.05, 4.69) is 22.6 Å². The molecule has 9 nitrogen and oxygen atoms in total. The fourth-order valence-electron chi connectivity index (χ4n) is 4.38. The third kappa shape index (κ3) is 3.28. The van der Waals surface area contributed by atoms with Gasteiger partial charge in [0.25, 0.3) is 0 Å². The molecule has 2 aromatic rings. The van der Waals surface area contributed by atoms with E-state index in [4.69, 9.17) is 9.47 Å². The Morgan fingerprint density at radius 1 is 1.30 bits per heavy atom. The average molecular weight is 411 g/mol. The van der Waals surface area contributed by atoms with Crippen LogP contribution in [0, 0.1) is 11.8 Å². The fourth-order valence-corrected chi connectivity index (χ4v) is 4.38. The number of ether oxygens (including phenoxy) is 2. The number of nitrogens with one attached hydrogen (secondary N) is 1. The Hall–Kier alpha value is -3.10. The van der Waals surface area contributed by atoms with Gasteiger partial charge in [0.1, 0.15) is 24.1 Å². The molecule has 1 saturated heterocycles. The van der Waals surface area contributed by atoms with E-state index in [0.29, 0.717) is 25.5 Å². The topological polar surface area (TPSA) is 98.6 Å². The number of nitrogens with zero attached hydrogens (tertiary/aromatic N) is 4. The van der Waals surface area contributed by atoms with Crippen LogP contribution >= 0.6 is 0 Å². The van der Waals surface area contributed by atoms with Gasteiger partial charge in [-0.25, -0.2) is 9.48 Å². The zero-order chi connectivity index (χ0) is 20.8. The molecule has 0 unspecified atom stereocenters. The summed E-state index contributed by atoms with van der Waals surface area (Å²) in [4.78, 5) is 26.8. The number of rotatable bonds is 4. The SMILES string of the molecule is COC(=O)[C@@H]1C[C@@H](n2cc(-c3ccc4c(c3)NCCO4)nn2)CN1C(=O)[C@@H]1C[C@H]1C. The van der Waals surface area contributed by atoms with Gasteiger partial charge in [0.05, 0.1) is 25.0 Å². The zero-order valence-electron chi connectivity index (χ0n) is 17.1. The third-order valence-corrected chi connectivity index (χ3v) is 6.30. The number of hydrogen-bond donors (Lipinski definition) is 1. The molecule has 0 radical (unpaired) electrons. The predicted octanol–water partition coefficient (Wildman–Crippen LogP) is 1.72. The molecular formula is C21H25N5O4. The second-order valence-corrected chi connectivity index (χ2v) is 8.31. The molecule has 1 aromatic heterocycles. The van der Waals surface area contributed by atoms with Crippen molar-refractivity contribution in [1.82, 2.24) is 19.9 Å². The molecule has 158 valence electrons. The highest BCUT2D eigenvalue weighted by Gasteiger charge is 2.48. The molecule has 4 atom stereocenters. The van der Waals surface area contributed by atoms with E-state index < -0.39 is 6.04 Å². The maximum Gasteiger partial charge on any atom is 0.328 e. The third-order valence-electron chi connectivity index (χ3n) is 6.30. The number of fused-ring (bicyclic) bond motifs is 1. The van der Waals surface area contributed by atoms with Gasteiger partial charge < -0.3 is 19.7 Å². The monoisotopic (exact) mass is 411 g/mol. The van der Waals surface area contributed by atoms with Gasteiger partial charge in [-0.2, -0.15) is 0 Å². The van der Waals surface area contributed by atoms with Gasteiger partial charge in [-0.15, -0.1) is 5.10 Å². The number of anilines is 1. The van der Waals surface area contributed by atoms with Crippen LogP contribution in [0.25, 0.3) is 11.3 Å². The van der Waals surface area contributed by atoms with Crippen LogP contribution in [0.5, 0.6) is 5.75 Å². The first-order chi connectivity index (χ1) is 14.5. The van der Waals surface area contributed by atoms with Crippen LogP contribution in [-0.2, 0) is 14.3 Å². The van der Waals surface area contributed by atoms with Crippen LogP contribution in [-0.4, -0.2) is 64.6 Å². The van der Waals surface area contributed by atoms with Crippen molar-refractivity contribution in [2.24, 2.45) is 11.8 Å². The fraction of sp³-hybridized carbons (Fsp3) is 0.524. The molecule has 1 saturated carbocycles. The van der Waals surface area contributed by atoms with Crippen LogP contribution in [0.4, 0.5) is 5.69 Å². The van der Waals surface area contributed by atoms with Crippen molar-refractivity contribution in [3.8, 4) is 17.0 Å². The summed E-state index contributed by atoms with van der Waals surface area (Å²) >= 11 is 0. The molecule has 9 heteroatoms. The van der Waals surface area contributed by atoms with Crippen LogP contribution in [0.15, 0.2) is 24.4 Å². The number of aromatic nitrogens is 3. The second kappa shape index (κ2) is 7.30. The predicted molar refractivity (Wildman–Crippen MR) is 108 cm³/mol. The van der Waals surface area contributed by atoms with Gasteiger partial charge in [-0.05, 0) is 30.5 Å². The van der Waals surface area contributed by atoms with Crippen LogP contribution < -0.4 is 10.1 Å². The molecule has 1 amide bonds. The maximum absolute atomic E-state index is 12.8. The van der Waals surface area contributed by atoms with Crippen molar-refractivity contribution in [3.63, 3.8) is 0 Å². The molecule has 1 aromatic carbocycles. The van der Waals surface area contributed by atoms with E-state index in [1.807, 2.05) is 24.4 Å². The lowest BCUT2D eigenvalue weighted by atomic mass is 10.1. The molecule has 1 aliphatic carbocycles. The van der Waals surface area contributed by atoms with Gasteiger partial charge >= 0.3 is 5.97 Å². The van der Waals surface area contributed by atoms with Crippen molar-refractivity contribution in [2.75, 3.05) is 32.1 Å². The summed E-state index contributed by atoms with van der Waals surface area (Å²) in [6.07, 6.45) is 3.23. The Morgan fingerprint density at radius 3 is 2.90 bits per heavy atom. The van der Waals surface area contributed by atoms with E-state index in [9.17, 15) is 9.59 Å². The second-order valence-electron chi connectivity index (χ2n) is 8.31. The Morgan fingerprint density at radius 2 is 2.13 bits per heavy atom. The molecule has 30 heavy (non-hydrogen) atoms. The maximum atomic E-state index is 12.8. The Balaban J connectivity index is 1.36. The van der Waals surface area contributed by atoms with Crippen molar-refractivity contribution in [3.05, 3.63) is 24.4 Å². The van der Waals surface area contributed by atoms with Gasteiger partial charge in [0, 0.05) is 31.0 Å². The van der Waals surface area contributed by atoms with E-state index in [1.54, 1.807) is 9.58 Å². The number of carbonyl (C=O) groups is 2. The summed E-state index contributed by atoms with van der Waals surface area (Å²) in [5.74, 6) is 0.904. The highest BCUT2D eigenvalue weighted by atomic mass is 16.5. The molecule has 0 bridgehead atoms. The Kier molecular flexibility index (Phi) is 4.60. The van der Waals surface area contributed by atoms with Crippen LogP contribution in [0.3, 0.4) is 0 Å². The summed E-state index contributed by atoms with van der Waals surface area (Å²) in [5.41, 5.74) is 2.61. The first-order valence-electron chi connectivity index (χ1n) is 10.4.